The zero-order valence-electron chi connectivity index (χ0n) is 8.51. The van der Waals surface area contributed by atoms with Gasteiger partial charge in [-0.2, -0.15) is 5.26 Å². The molecular formula is C10H9FN2O2S. The van der Waals surface area contributed by atoms with Gasteiger partial charge < -0.3 is 4.74 Å². The number of thioether (sulfide) groups is 1. The van der Waals surface area contributed by atoms with E-state index in [0.717, 1.165) is 0 Å². The summed E-state index contributed by atoms with van der Waals surface area (Å²) < 4.78 is 17.4. The van der Waals surface area contributed by atoms with E-state index < -0.39 is 11.5 Å². The second-order valence-corrected chi connectivity index (χ2v) is 3.74. The number of esters is 1. The van der Waals surface area contributed by atoms with Gasteiger partial charge in [-0.25, -0.2) is 14.2 Å². The van der Waals surface area contributed by atoms with Crippen molar-refractivity contribution in [1.82, 2.24) is 4.98 Å². The van der Waals surface area contributed by atoms with E-state index in [2.05, 4.69) is 4.98 Å². The van der Waals surface area contributed by atoms with Gasteiger partial charge in [-0.15, -0.1) is 0 Å². The highest BCUT2D eigenvalue weighted by atomic mass is 32.2. The molecule has 0 fully saturated rings. The minimum Gasteiger partial charge on any atom is -0.462 e. The molecule has 0 saturated heterocycles. The van der Waals surface area contributed by atoms with Crippen molar-refractivity contribution >= 4 is 17.7 Å². The number of nitriles is 1. The predicted octanol–water partition coefficient (Wildman–Crippen LogP) is 2.17. The van der Waals surface area contributed by atoms with Crippen LogP contribution in [0.4, 0.5) is 4.39 Å². The van der Waals surface area contributed by atoms with Crippen molar-refractivity contribution in [3.05, 3.63) is 23.9 Å². The number of hydrogen-bond acceptors (Lipinski definition) is 5. The smallest absolute Gasteiger partial charge is 0.339 e. The molecule has 1 aromatic rings. The predicted molar refractivity (Wildman–Crippen MR) is 56.6 cm³/mol. The lowest BCUT2D eigenvalue weighted by Crippen LogP contribution is -2.05. The van der Waals surface area contributed by atoms with E-state index in [1.165, 1.54) is 24.4 Å². The summed E-state index contributed by atoms with van der Waals surface area (Å²) in [5, 5.41) is 8.61. The third-order valence-corrected chi connectivity index (χ3v) is 2.37. The summed E-state index contributed by atoms with van der Waals surface area (Å²) in [5.74, 6) is -0.469. The van der Waals surface area contributed by atoms with Crippen LogP contribution < -0.4 is 0 Å². The summed E-state index contributed by atoms with van der Waals surface area (Å²) in [5.41, 5.74) is -1.35. The minimum absolute atomic E-state index is 0.288. The van der Waals surface area contributed by atoms with E-state index in [0.29, 0.717) is 22.4 Å². The first-order valence-electron chi connectivity index (χ1n) is 4.51. The molecule has 1 heterocycles. The molecular weight excluding hydrogens is 231 g/mol. The molecule has 0 radical (unpaired) electrons. The Balaban J connectivity index is 2.68. The van der Waals surface area contributed by atoms with Crippen molar-refractivity contribution in [2.24, 2.45) is 0 Å². The Hall–Kier alpha value is -1.61. The van der Waals surface area contributed by atoms with Crippen LogP contribution in [0.1, 0.15) is 17.3 Å². The number of hydrogen-bond donors (Lipinski definition) is 0. The van der Waals surface area contributed by atoms with Crippen LogP contribution in [0.15, 0.2) is 23.4 Å². The van der Waals surface area contributed by atoms with Crippen molar-refractivity contribution in [3.63, 3.8) is 0 Å². The first-order valence-corrected chi connectivity index (χ1v) is 5.39. The Morgan fingerprint density at radius 1 is 1.75 bits per heavy atom. The Bertz CT molecular complexity index is 402. The number of nitrogens with zero attached hydrogens (tertiary/aromatic N) is 2. The normalized spacial score (nSPS) is 11.6. The second-order valence-electron chi connectivity index (χ2n) is 2.67. The zero-order valence-corrected chi connectivity index (χ0v) is 9.33. The van der Waals surface area contributed by atoms with E-state index in [1.54, 1.807) is 6.92 Å². The Morgan fingerprint density at radius 3 is 3.00 bits per heavy atom. The second kappa shape index (κ2) is 6.08. The molecule has 1 unspecified atom stereocenters. The maximum absolute atomic E-state index is 12.7. The number of halogens is 1. The van der Waals surface area contributed by atoms with Gasteiger partial charge >= 0.3 is 5.97 Å². The van der Waals surface area contributed by atoms with Gasteiger partial charge in [-0.1, -0.05) is 11.8 Å². The minimum atomic E-state index is -1.65. The molecule has 0 aliphatic carbocycles. The molecule has 84 valence electrons. The Labute approximate surface area is 96.4 Å². The third kappa shape index (κ3) is 3.51. The molecule has 6 heteroatoms. The summed E-state index contributed by atoms with van der Waals surface area (Å²) in [6.07, 6.45) is 1.30. The molecule has 4 nitrogen and oxygen atoms in total. The van der Waals surface area contributed by atoms with Crippen LogP contribution in [0.3, 0.4) is 0 Å². The lowest BCUT2D eigenvalue weighted by atomic mass is 10.3. The SMILES string of the molecule is CCOC(=O)c1ccc(SC(F)C#N)nc1. The monoisotopic (exact) mass is 240 g/mol. The summed E-state index contributed by atoms with van der Waals surface area (Å²) in [7, 11) is 0. The van der Waals surface area contributed by atoms with Gasteiger partial charge in [0, 0.05) is 6.20 Å². The van der Waals surface area contributed by atoms with Crippen molar-refractivity contribution < 1.29 is 13.9 Å². The Morgan fingerprint density at radius 2 is 2.50 bits per heavy atom. The van der Waals surface area contributed by atoms with E-state index >= 15 is 0 Å². The average molecular weight is 240 g/mol. The van der Waals surface area contributed by atoms with E-state index in [4.69, 9.17) is 10.00 Å². The van der Waals surface area contributed by atoms with E-state index in [1.807, 2.05) is 0 Å². The molecule has 16 heavy (non-hydrogen) atoms. The lowest BCUT2D eigenvalue weighted by Gasteiger charge is -2.02. The third-order valence-electron chi connectivity index (χ3n) is 1.57. The van der Waals surface area contributed by atoms with Crippen molar-refractivity contribution in [1.29, 1.82) is 5.26 Å². The first kappa shape index (κ1) is 12.5. The van der Waals surface area contributed by atoms with Gasteiger partial charge in [0.25, 0.3) is 0 Å². The quantitative estimate of drug-likeness (QED) is 0.596. The molecule has 0 aliphatic rings. The summed E-state index contributed by atoms with van der Waals surface area (Å²) >= 11 is 0.686. The molecule has 0 aliphatic heterocycles. The van der Waals surface area contributed by atoms with Gasteiger partial charge in [0.05, 0.1) is 17.2 Å². The zero-order chi connectivity index (χ0) is 12.0. The van der Waals surface area contributed by atoms with Crippen LogP contribution in [0.25, 0.3) is 0 Å². The van der Waals surface area contributed by atoms with Crippen molar-refractivity contribution in [3.8, 4) is 6.07 Å². The number of carbonyl (C=O) groups excluding carboxylic acids is 1. The number of aromatic nitrogens is 1. The molecule has 1 rings (SSSR count). The Kier molecular flexibility index (Phi) is 4.73. The van der Waals surface area contributed by atoms with Crippen LogP contribution in [0.5, 0.6) is 0 Å². The van der Waals surface area contributed by atoms with Gasteiger partial charge in [-0.05, 0) is 19.1 Å². The van der Waals surface area contributed by atoms with Crippen LogP contribution in [0, 0.1) is 11.3 Å². The number of alkyl halides is 1. The summed E-state index contributed by atoms with van der Waals surface area (Å²) in [6, 6.07) is 4.39. The first-order chi connectivity index (χ1) is 7.67. The maximum Gasteiger partial charge on any atom is 0.339 e. The number of carbonyl (C=O) groups is 1. The number of ether oxygens (including phenoxy) is 1. The fourth-order valence-corrected chi connectivity index (χ4v) is 1.44. The van der Waals surface area contributed by atoms with E-state index in [9.17, 15) is 9.18 Å². The van der Waals surface area contributed by atoms with Gasteiger partial charge in [0.15, 0.2) is 0 Å². The van der Waals surface area contributed by atoms with Crippen LogP contribution in [0.2, 0.25) is 0 Å². The van der Waals surface area contributed by atoms with Crippen LogP contribution in [-0.2, 0) is 4.74 Å². The van der Waals surface area contributed by atoms with Crippen LogP contribution >= 0.6 is 11.8 Å². The largest absolute Gasteiger partial charge is 0.462 e. The summed E-state index contributed by atoms with van der Waals surface area (Å²) in [6.45, 7) is 1.99. The summed E-state index contributed by atoms with van der Waals surface area (Å²) in [4.78, 5) is 15.1. The molecule has 0 spiro atoms. The van der Waals surface area contributed by atoms with Gasteiger partial charge in [0.2, 0.25) is 5.50 Å². The average Bonchev–Trinajstić information content (AvgIpc) is 2.30. The highest BCUT2D eigenvalue weighted by Gasteiger charge is 2.10. The van der Waals surface area contributed by atoms with Crippen molar-refractivity contribution in [2.75, 3.05) is 6.61 Å². The maximum atomic E-state index is 12.7. The van der Waals surface area contributed by atoms with E-state index in [-0.39, 0.29) is 6.61 Å². The topological polar surface area (TPSA) is 63.0 Å². The molecule has 0 aromatic carbocycles. The number of pyridine rings is 1. The standard InChI is InChI=1S/C10H9FN2O2S/c1-2-15-10(14)7-3-4-9(13-6-7)16-8(11)5-12/h3-4,6,8H,2H2,1H3. The molecule has 0 saturated carbocycles. The lowest BCUT2D eigenvalue weighted by molar-refractivity contribution is 0.0525. The van der Waals surface area contributed by atoms with Gasteiger partial charge in [-0.3, -0.25) is 0 Å². The fourth-order valence-electron chi connectivity index (χ4n) is 0.918. The fraction of sp³-hybridized carbons (Fsp3) is 0.300. The molecule has 1 atom stereocenters. The highest BCUT2D eigenvalue weighted by Crippen LogP contribution is 2.21. The van der Waals surface area contributed by atoms with Gasteiger partial charge in [0.1, 0.15) is 6.07 Å². The number of rotatable bonds is 4. The molecule has 1 aromatic heterocycles. The highest BCUT2D eigenvalue weighted by molar-refractivity contribution is 7.99. The molecule has 0 bridgehead atoms. The molecule has 0 amide bonds. The van der Waals surface area contributed by atoms with Crippen molar-refractivity contribution in [2.45, 2.75) is 17.5 Å². The molecule has 0 N–H and O–H groups in total. The van der Waals surface area contributed by atoms with Crippen LogP contribution in [-0.4, -0.2) is 23.1 Å².